The van der Waals surface area contributed by atoms with Crippen LogP contribution in [-0.4, -0.2) is 54.0 Å². The predicted molar refractivity (Wildman–Crippen MR) is 16.1 cm³/mol. The molecule has 0 aliphatic rings. The number of rotatable bonds is 0. The average molecular weight is 199 g/mol. The van der Waals surface area contributed by atoms with Crippen LogP contribution in [0.15, 0.2) is 0 Å². The fourth-order valence-corrected chi connectivity index (χ4v) is 0. The van der Waals surface area contributed by atoms with Gasteiger partial charge >= 0.3 is 48.9 Å². The molecule has 24 valence electrons. The van der Waals surface area contributed by atoms with Gasteiger partial charge in [0.2, 0.25) is 0 Å². The van der Waals surface area contributed by atoms with Gasteiger partial charge in [-0.3, -0.25) is 0 Å². The Labute approximate surface area is 68.4 Å². The molecule has 0 saturated heterocycles. The van der Waals surface area contributed by atoms with Crippen LogP contribution in [0.25, 0.3) is 0 Å². The molecule has 0 bridgehead atoms. The summed E-state index contributed by atoms with van der Waals surface area (Å²) in [6.45, 7) is 0. The Hall–Kier alpha value is 0.771. The van der Waals surface area contributed by atoms with Crippen LogP contribution in [-0.2, 0) is 0 Å². The molecule has 0 fully saturated rings. The second-order valence-corrected chi connectivity index (χ2v) is 0.224. The molecule has 0 atom stereocenters. The van der Waals surface area contributed by atoms with Gasteiger partial charge in [0.1, 0.15) is 0 Å². The normalized spacial score (nSPS) is 4.80. The maximum Gasteiger partial charge on any atom is 2.00 e. The van der Waals surface area contributed by atoms with Crippen molar-refractivity contribution in [3.8, 4) is 0 Å². The van der Waals surface area contributed by atoms with Crippen molar-refractivity contribution >= 4 is 48.9 Å². The van der Waals surface area contributed by atoms with Gasteiger partial charge in [-0.1, -0.05) is 0 Å². The van der Waals surface area contributed by atoms with Crippen molar-refractivity contribution in [3.63, 3.8) is 0 Å². The minimum atomic E-state index is -1.75. The third-order valence-corrected chi connectivity index (χ3v) is 0. The van der Waals surface area contributed by atoms with Crippen LogP contribution in [0.3, 0.4) is 0 Å². The summed E-state index contributed by atoms with van der Waals surface area (Å²) in [5, 5.41) is 14.8. The molecule has 0 unspecified atom stereocenters. The van der Waals surface area contributed by atoms with Gasteiger partial charge in [-0.25, -0.2) is 0 Å². The first-order chi connectivity index (χ1) is 1.73. The molecule has 0 spiro atoms. The molecule has 5 heavy (non-hydrogen) atoms. The van der Waals surface area contributed by atoms with E-state index in [0.29, 0.717) is 0 Å². The van der Waals surface area contributed by atoms with E-state index in [1.165, 1.54) is 0 Å². The van der Waals surface area contributed by atoms with E-state index in [9.17, 15) is 0 Å². The fraction of sp³-hybridized carbons (Fsp3) is 0. The van der Waals surface area contributed by atoms with Gasteiger partial charge in [-0.2, -0.15) is 0 Å². The maximum atomic E-state index is 8.25. The van der Waals surface area contributed by atoms with Gasteiger partial charge in [0.05, 0.1) is 5.09 Å². The second kappa shape index (κ2) is 4.77. The molecule has 0 heterocycles. The van der Waals surface area contributed by atoms with Crippen molar-refractivity contribution in [2.24, 2.45) is 0 Å². The van der Waals surface area contributed by atoms with Crippen molar-refractivity contribution in [1.82, 2.24) is 0 Å². The Morgan fingerprint density at radius 2 is 1.40 bits per heavy atom. The molecule has 0 aromatic carbocycles. The van der Waals surface area contributed by atoms with E-state index in [1.54, 1.807) is 0 Å². The number of hydrogen-bond donors (Lipinski definition) is 0. The molecule has 0 N–H and O–H groups in total. The number of hydrogen-bond acceptors (Lipinski definition) is 3. The van der Waals surface area contributed by atoms with Gasteiger partial charge in [-0.15, -0.1) is 0 Å². The zero-order chi connectivity index (χ0) is 3.58. The molecular weight excluding hydrogens is 199 g/mol. The topological polar surface area (TPSA) is 66.2 Å². The van der Waals surface area contributed by atoms with Gasteiger partial charge in [-0.05, 0) is 0 Å². The van der Waals surface area contributed by atoms with Crippen LogP contribution >= 0.6 is 0 Å². The summed E-state index contributed by atoms with van der Waals surface area (Å²) in [4.78, 5) is 8.25. The smallest absolute Gasteiger partial charge is 0.356 e. The molecular formula is BaNO3+. The van der Waals surface area contributed by atoms with Crippen LogP contribution < -0.4 is 0 Å². The van der Waals surface area contributed by atoms with E-state index in [-0.39, 0.29) is 48.9 Å². The molecule has 4 nitrogen and oxygen atoms in total. The summed E-state index contributed by atoms with van der Waals surface area (Å²) in [5.41, 5.74) is 0. The summed E-state index contributed by atoms with van der Waals surface area (Å²) >= 11 is 0. The van der Waals surface area contributed by atoms with E-state index < -0.39 is 5.09 Å². The molecule has 0 rings (SSSR count). The first-order valence-corrected chi connectivity index (χ1v) is 0.548. The minimum Gasteiger partial charge on any atom is -0.356 e. The molecule has 0 amide bonds. The van der Waals surface area contributed by atoms with Gasteiger partial charge < -0.3 is 15.3 Å². The van der Waals surface area contributed by atoms with E-state index >= 15 is 0 Å². The Kier molecular flexibility index (Phi) is 8.82. The van der Waals surface area contributed by atoms with Crippen molar-refractivity contribution in [2.45, 2.75) is 0 Å². The van der Waals surface area contributed by atoms with Crippen molar-refractivity contribution in [1.29, 1.82) is 0 Å². The maximum absolute atomic E-state index is 8.25. The summed E-state index contributed by atoms with van der Waals surface area (Å²) in [5.74, 6) is 0. The van der Waals surface area contributed by atoms with Crippen LogP contribution in [0.2, 0.25) is 0 Å². The molecule has 0 aliphatic carbocycles. The van der Waals surface area contributed by atoms with E-state index in [2.05, 4.69) is 0 Å². The number of nitrogens with zero attached hydrogens (tertiary/aromatic N) is 1. The Morgan fingerprint density at radius 1 is 1.40 bits per heavy atom. The van der Waals surface area contributed by atoms with E-state index in [4.69, 9.17) is 15.3 Å². The Balaban J connectivity index is 0. The SMILES string of the molecule is O=[N+]([O-])[O-].[Ba+2]. The quantitative estimate of drug-likeness (QED) is 0.297. The standard InChI is InChI=1S/Ba.NO3/c;2-1(3)4/q+2;-1. The van der Waals surface area contributed by atoms with Gasteiger partial charge in [0.15, 0.2) is 0 Å². The fourth-order valence-electron chi connectivity index (χ4n) is 0. The molecule has 0 aromatic rings. The summed E-state index contributed by atoms with van der Waals surface area (Å²) in [6.07, 6.45) is 0. The van der Waals surface area contributed by atoms with Crippen LogP contribution in [0.4, 0.5) is 0 Å². The van der Waals surface area contributed by atoms with Crippen molar-refractivity contribution in [3.05, 3.63) is 15.3 Å². The van der Waals surface area contributed by atoms with Gasteiger partial charge in [0.25, 0.3) is 0 Å². The average Bonchev–Trinajstić information content (AvgIpc) is 0.811. The molecule has 0 radical (unpaired) electrons. The molecule has 5 heteroatoms. The zero-order valence-corrected chi connectivity index (χ0v) is 6.82. The predicted octanol–water partition coefficient (Wildman–Crippen LogP) is -0.620. The summed E-state index contributed by atoms with van der Waals surface area (Å²) in [7, 11) is 0. The van der Waals surface area contributed by atoms with Gasteiger partial charge in [0, 0.05) is 0 Å². The Bertz CT molecular complexity index is 29.9. The second-order valence-electron chi connectivity index (χ2n) is 0.224. The molecule has 0 aliphatic heterocycles. The first kappa shape index (κ1) is 9.24. The third kappa shape index (κ3) is 61.6. The largest absolute Gasteiger partial charge is 2.00 e. The summed E-state index contributed by atoms with van der Waals surface area (Å²) < 4.78 is 0. The monoisotopic (exact) mass is 200 g/mol. The third-order valence-electron chi connectivity index (χ3n) is 0. The first-order valence-electron chi connectivity index (χ1n) is 0.548. The van der Waals surface area contributed by atoms with Crippen LogP contribution in [0, 0.1) is 15.3 Å². The van der Waals surface area contributed by atoms with E-state index in [1.807, 2.05) is 0 Å². The Morgan fingerprint density at radius 3 is 1.40 bits per heavy atom. The summed E-state index contributed by atoms with van der Waals surface area (Å²) in [6, 6.07) is 0. The van der Waals surface area contributed by atoms with Crippen LogP contribution in [0.1, 0.15) is 0 Å². The van der Waals surface area contributed by atoms with E-state index in [0.717, 1.165) is 0 Å². The zero-order valence-electron chi connectivity index (χ0n) is 2.38. The van der Waals surface area contributed by atoms with Crippen molar-refractivity contribution in [2.75, 3.05) is 0 Å². The van der Waals surface area contributed by atoms with Crippen LogP contribution in [0.5, 0.6) is 0 Å². The molecule has 0 aromatic heterocycles. The minimum absolute atomic E-state index is 0. The van der Waals surface area contributed by atoms with Crippen molar-refractivity contribution < 1.29 is 5.09 Å². The molecule has 0 saturated carbocycles.